The molecule has 3 N–H and O–H groups in total. The number of halogens is 2. The number of aromatic nitrogens is 2. The maximum atomic E-state index is 13.9. The molecular formula is C14H14F2N4S. The van der Waals surface area contributed by atoms with Gasteiger partial charge >= 0.3 is 0 Å². The first kappa shape index (κ1) is 15.2. The molecule has 0 radical (unpaired) electrons. The van der Waals surface area contributed by atoms with Gasteiger partial charge in [-0.3, -0.25) is 0 Å². The number of nitrogens with two attached hydrogens (primary N) is 1. The first-order valence-corrected chi connectivity index (χ1v) is 6.58. The SMILES string of the molecule is Cc1cc(F)c(Nc2nnc(C)c(C)c2C(N)=S)cc1F. The summed E-state index contributed by atoms with van der Waals surface area (Å²) in [7, 11) is 0. The summed E-state index contributed by atoms with van der Waals surface area (Å²) in [6, 6.07) is 2.16. The molecule has 2 rings (SSSR count). The summed E-state index contributed by atoms with van der Waals surface area (Å²) in [5.74, 6) is -0.914. The van der Waals surface area contributed by atoms with Gasteiger partial charge in [0.2, 0.25) is 0 Å². The minimum atomic E-state index is -0.595. The van der Waals surface area contributed by atoms with Gasteiger partial charge in [-0.1, -0.05) is 12.2 Å². The van der Waals surface area contributed by atoms with Crippen LogP contribution in [0.25, 0.3) is 0 Å². The summed E-state index contributed by atoms with van der Waals surface area (Å²) in [6.45, 7) is 5.04. The first-order valence-electron chi connectivity index (χ1n) is 6.17. The Morgan fingerprint density at radius 3 is 2.43 bits per heavy atom. The zero-order chi connectivity index (χ0) is 15.7. The second kappa shape index (κ2) is 5.69. The van der Waals surface area contributed by atoms with E-state index in [4.69, 9.17) is 18.0 Å². The van der Waals surface area contributed by atoms with Gasteiger partial charge in [0.1, 0.15) is 16.6 Å². The Balaban J connectivity index is 2.52. The molecule has 1 aromatic carbocycles. The molecule has 0 saturated carbocycles. The Kier molecular flexibility index (Phi) is 4.13. The highest BCUT2D eigenvalue weighted by Gasteiger charge is 2.16. The average molecular weight is 308 g/mol. The second-order valence-corrected chi connectivity index (χ2v) is 5.14. The Morgan fingerprint density at radius 2 is 1.81 bits per heavy atom. The maximum Gasteiger partial charge on any atom is 0.163 e. The lowest BCUT2D eigenvalue weighted by Gasteiger charge is -2.14. The van der Waals surface area contributed by atoms with Crippen molar-refractivity contribution < 1.29 is 8.78 Å². The van der Waals surface area contributed by atoms with E-state index >= 15 is 0 Å². The van der Waals surface area contributed by atoms with Crippen LogP contribution in [0.5, 0.6) is 0 Å². The van der Waals surface area contributed by atoms with E-state index in [0.717, 1.165) is 17.7 Å². The highest BCUT2D eigenvalue weighted by Crippen LogP contribution is 2.25. The van der Waals surface area contributed by atoms with Gasteiger partial charge in [0, 0.05) is 6.07 Å². The van der Waals surface area contributed by atoms with Crippen LogP contribution in [0.15, 0.2) is 12.1 Å². The van der Waals surface area contributed by atoms with Crippen LogP contribution in [0.1, 0.15) is 22.4 Å². The van der Waals surface area contributed by atoms with Crippen molar-refractivity contribution in [3.63, 3.8) is 0 Å². The van der Waals surface area contributed by atoms with E-state index in [0.29, 0.717) is 11.3 Å². The third-order valence-corrected chi connectivity index (χ3v) is 3.41. The zero-order valence-electron chi connectivity index (χ0n) is 11.8. The summed E-state index contributed by atoms with van der Waals surface area (Å²) >= 11 is 4.99. The summed E-state index contributed by atoms with van der Waals surface area (Å²) < 4.78 is 27.5. The number of nitrogens with one attached hydrogen (secondary N) is 1. The van der Waals surface area contributed by atoms with Gasteiger partial charge in [0.05, 0.1) is 16.9 Å². The average Bonchev–Trinajstić information content (AvgIpc) is 2.40. The van der Waals surface area contributed by atoms with Crippen molar-refractivity contribution in [2.75, 3.05) is 5.32 Å². The number of thiocarbonyl (C=S) groups is 1. The molecule has 0 spiro atoms. The molecule has 0 saturated heterocycles. The van der Waals surface area contributed by atoms with Crippen LogP contribution in [-0.2, 0) is 0 Å². The summed E-state index contributed by atoms with van der Waals surface area (Å²) in [4.78, 5) is 0.112. The molecule has 21 heavy (non-hydrogen) atoms. The number of rotatable bonds is 3. The number of nitrogens with zero attached hydrogens (tertiary/aromatic N) is 2. The minimum Gasteiger partial charge on any atom is -0.389 e. The quantitative estimate of drug-likeness (QED) is 0.853. The van der Waals surface area contributed by atoms with Crippen LogP contribution in [0, 0.1) is 32.4 Å². The zero-order valence-corrected chi connectivity index (χ0v) is 12.6. The Hall–Kier alpha value is -2.15. The lowest BCUT2D eigenvalue weighted by Crippen LogP contribution is -2.17. The van der Waals surface area contributed by atoms with E-state index in [9.17, 15) is 8.78 Å². The highest BCUT2D eigenvalue weighted by molar-refractivity contribution is 7.80. The number of hydrogen-bond donors (Lipinski definition) is 2. The molecule has 4 nitrogen and oxygen atoms in total. The molecule has 1 aromatic heterocycles. The van der Waals surface area contributed by atoms with Crippen molar-refractivity contribution in [1.29, 1.82) is 0 Å². The molecule has 0 fully saturated rings. The lowest BCUT2D eigenvalue weighted by molar-refractivity contribution is 0.595. The molecule has 110 valence electrons. The van der Waals surface area contributed by atoms with Gasteiger partial charge in [-0.15, -0.1) is 5.10 Å². The standard InChI is InChI=1S/C14H14F2N4S/c1-6-4-10(16)11(5-9(6)15)18-14-12(13(17)21)7(2)8(3)19-20-14/h4-5H,1-3H3,(H2,17,21)(H,18,20). The number of anilines is 2. The van der Waals surface area contributed by atoms with E-state index in [1.54, 1.807) is 13.8 Å². The molecule has 0 unspecified atom stereocenters. The normalized spacial score (nSPS) is 10.5. The summed E-state index contributed by atoms with van der Waals surface area (Å²) in [6.07, 6.45) is 0. The van der Waals surface area contributed by atoms with Crippen molar-refractivity contribution >= 4 is 28.7 Å². The van der Waals surface area contributed by atoms with Crippen molar-refractivity contribution in [3.05, 3.63) is 46.2 Å². The minimum absolute atomic E-state index is 0.0480. The molecule has 0 aliphatic heterocycles. The van der Waals surface area contributed by atoms with Crippen LogP contribution in [0.2, 0.25) is 0 Å². The van der Waals surface area contributed by atoms with E-state index < -0.39 is 11.6 Å². The lowest BCUT2D eigenvalue weighted by atomic mass is 10.1. The Morgan fingerprint density at radius 1 is 1.14 bits per heavy atom. The van der Waals surface area contributed by atoms with Crippen LogP contribution < -0.4 is 11.1 Å². The number of benzene rings is 1. The molecular weight excluding hydrogens is 294 g/mol. The van der Waals surface area contributed by atoms with Crippen molar-refractivity contribution in [2.45, 2.75) is 20.8 Å². The molecule has 0 aliphatic carbocycles. The van der Waals surface area contributed by atoms with Crippen molar-refractivity contribution in [2.24, 2.45) is 5.73 Å². The fourth-order valence-corrected chi connectivity index (χ4v) is 2.12. The third kappa shape index (κ3) is 2.97. The van der Waals surface area contributed by atoms with Crippen molar-refractivity contribution in [3.8, 4) is 0 Å². The molecule has 0 amide bonds. The van der Waals surface area contributed by atoms with Crippen LogP contribution in [0.3, 0.4) is 0 Å². The van der Waals surface area contributed by atoms with Gasteiger partial charge in [-0.25, -0.2) is 8.78 Å². The van der Waals surface area contributed by atoms with Crippen molar-refractivity contribution in [1.82, 2.24) is 10.2 Å². The second-order valence-electron chi connectivity index (χ2n) is 4.70. The van der Waals surface area contributed by atoms with Crippen LogP contribution in [0.4, 0.5) is 20.3 Å². The highest BCUT2D eigenvalue weighted by atomic mass is 32.1. The van der Waals surface area contributed by atoms with Gasteiger partial charge < -0.3 is 11.1 Å². The van der Waals surface area contributed by atoms with E-state index in [1.165, 1.54) is 6.92 Å². The van der Waals surface area contributed by atoms with Gasteiger partial charge in [0.25, 0.3) is 0 Å². The molecule has 2 aromatic rings. The van der Waals surface area contributed by atoms with Crippen LogP contribution in [-0.4, -0.2) is 15.2 Å². The Bertz CT molecular complexity index is 731. The first-order chi connectivity index (χ1) is 9.81. The molecule has 7 heteroatoms. The molecule has 1 heterocycles. The third-order valence-electron chi connectivity index (χ3n) is 3.20. The number of hydrogen-bond acceptors (Lipinski definition) is 4. The number of aryl methyl sites for hydroxylation is 2. The van der Waals surface area contributed by atoms with E-state index in [-0.39, 0.29) is 22.1 Å². The van der Waals surface area contributed by atoms with Gasteiger partial charge in [-0.05, 0) is 38.0 Å². The summed E-state index contributed by atoms with van der Waals surface area (Å²) in [5, 5.41) is 10.6. The van der Waals surface area contributed by atoms with Gasteiger partial charge in [0.15, 0.2) is 5.82 Å². The van der Waals surface area contributed by atoms with Crippen LogP contribution >= 0.6 is 12.2 Å². The topological polar surface area (TPSA) is 63.8 Å². The molecule has 0 atom stereocenters. The monoisotopic (exact) mass is 308 g/mol. The smallest absolute Gasteiger partial charge is 0.163 e. The molecule has 0 bridgehead atoms. The Labute approximate surface area is 126 Å². The van der Waals surface area contributed by atoms with E-state index in [2.05, 4.69) is 15.5 Å². The fraction of sp³-hybridized carbons (Fsp3) is 0.214. The fourth-order valence-electron chi connectivity index (χ4n) is 1.87. The summed E-state index contributed by atoms with van der Waals surface area (Å²) in [5.41, 5.74) is 7.74. The largest absolute Gasteiger partial charge is 0.389 e. The predicted molar refractivity (Wildman–Crippen MR) is 81.8 cm³/mol. The maximum absolute atomic E-state index is 13.9. The van der Waals surface area contributed by atoms with Gasteiger partial charge in [-0.2, -0.15) is 5.10 Å². The van der Waals surface area contributed by atoms with E-state index in [1.807, 2.05) is 0 Å². The molecule has 0 aliphatic rings. The predicted octanol–water partition coefficient (Wildman–Crippen LogP) is 3.06.